The van der Waals surface area contributed by atoms with E-state index in [0.717, 1.165) is 29.6 Å². The van der Waals surface area contributed by atoms with Crippen molar-refractivity contribution in [2.24, 2.45) is 11.8 Å². The molecule has 144 valence electrons. The van der Waals surface area contributed by atoms with E-state index in [4.69, 9.17) is 4.74 Å². The van der Waals surface area contributed by atoms with Crippen molar-refractivity contribution in [3.05, 3.63) is 72.1 Å². The normalized spacial score (nSPS) is 28.8. The second-order valence-electron chi connectivity index (χ2n) is 7.64. The maximum atomic E-state index is 13.5. The van der Waals surface area contributed by atoms with Gasteiger partial charge in [0.25, 0.3) is 5.91 Å². The SMILES string of the molecule is C=CC1=C(C=C)[C@H](c2ccc(F)cc2)N(C(=O)[C@H]2C[C@@H](C)[C@H](C)CO2)CC1. The predicted octanol–water partition coefficient (Wildman–Crippen LogP) is 4.83. The summed E-state index contributed by atoms with van der Waals surface area (Å²) in [6.45, 7) is 13.4. The summed E-state index contributed by atoms with van der Waals surface area (Å²) in [5, 5.41) is 0. The molecule has 1 aromatic rings. The summed E-state index contributed by atoms with van der Waals surface area (Å²) in [4.78, 5) is 15.2. The average Bonchev–Trinajstić information content (AvgIpc) is 2.69. The fraction of sp³-hybridized carbons (Fsp3) is 0.435. The first-order chi connectivity index (χ1) is 13.0. The number of halogens is 1. The van der Waals surface area contributed by atoms with E-state index >= 15 is 0 Å². The van der Waals surface area contributed by atoms with Crippen molar-refractivity contribution in [2.45, 2.75) is 38.8 Å². The molecule has 1 aromatic carbocycles. The summed E-state index contributed by atoms with van der Waals surface area (Å²) < 4.78 is 19.3. The van der Waals surface area contributed by atoms with Gasteiger partial charge in [-0.05, 0) is 53.5 Å². The van der Waals surface area contributed by atoms with E-state index in [2.05, 4.69) is 27.0 Å². The quantitative estimate of drug-likeness (QED) is 0.761. The minimum absolute atomic E-state index is 0.00513. The van der Waals surface area contributed by atoms with Gasteiger partial charge in [-0.1, -0.05) is 51.3 Å². The molecular formula is C23H28FNO2. The topological polar surface area (TPSA) is 29.5 Å². The van der Waals surface area contributed by atoms with Gasteiger partial charge in [-0.2, -0.15) is 0 Å². The molecule has 1 saturated heterocycles. The molecule has 3 nitrogen and oxygen atoms in total. The Morgan fingerprint density at radius 2 is 1.89 bits per heavy atom. The number of carbonyl (C=O) groups excluding carboxylic acids is 1. The molecule has 0 aromatic heterocycles. The van der Waals surface area contributed by atoms with Crippen LogP contribution in [-0.2, 0) is 9.53 Å². The van der Waals surface area contributed by atoms with E-state index in [1.807, 2.05) is 11.0 Å². The van der Waals surface area contributed by atoms with Crippen LogP contribution in [0.3, 0.4) is 0 Å². The molecule has 1 fully saturated rings. The number of hydrogen-bond donors (Lipinski definition) is 0. The molecule has 0 bridgehead atoms. The summed E-state index contributed by atoms with van der Waals surface area (Å²) in [7, 11) is 0. The van der Waals surface area contributed by atoms with E-state index in [0.29, 0.717) is 25.0 Å². The lowest BCUT2D eigenvalue weighted by molar-refractivity contribution is -0.152. The summed E-state index contributed by atoms with van der Waals surface area (Å²) in [5.41, 5.74) is 2.90. The molecule has 4 heteroatoms. The third kappa shape index (κ3) is 3.91. The first kappa shape index (κ1) is 19.6. The van der Waals surface area contributed by atoms with Crippen molar-refractivity contribution in [3.8, 4) is 0 Å². The second-order valence-corrected chi connectivity index (χ2v) is 7.64. The van der Waals surface area contributed by atoms with Crippen molar-refractivity contribution in [3.63, 3.8) is 0 Å². The monoisotopic (exact) mass is 369 g/mol. The minimum atomic E-state index is -0.421. The summed E-state index contributed by atoms with van der Waals surface area (Å²) in [5.74, 6) is 0.615. The Labute approximate surface area is 161 Å². The summed E-state index contributed by atoms with van der Waals surface area (Å²) in [6.07, 6.45) is 4.66. The molecule has 3 rings (SSSR count). The minimum Gasteiger partial charge on any atom is -0.368 e. The van der Waals surface area contributed by atoms with Gasteiger partial charge in [-0.25, -0.2) is 4.39 Å². The van der Waals surface area contributed by atoms with Gasteiger partial charge in [0.05, 0.1) is 12.6 Å². The lowest BCUT2D eigenvalue weighted by Crippen LogP contribution is -2.48. The Hall–Kier alpha value is -2.20. The number of hydrogen-bond acceptors (Lipinski definition) is 2. The summed E-state index contributed by atoms with van der Waals surface area (Å²) >= 11 is 0. The van der Waals surface area contributed by atoms with Crippen molar-refractivity contribution in [2.75, 3.05) is 13.2 Å². The van der Waals surface area contributed by atoms with Crippen molar-refractivity contribution >= 4 is 5.91 Å². The van der Waals surface area contributed by atoms with Crippen LogP contribution >= 0.6 is 0 Å². The maximum absolute atomic E-state index is 13.5. The van der Waals surface area contributed by atoms with Crippen LogP contribution in [0.5, 0.6) is 0 Å². The van der Waals surface area contributed by atoms with Gasteiger partial charge < -0.3 is 9.64 Å². The second kappa shape index (κ2) is 8.22. The number of benzene rings is 1. The third-order valence-electron chi connectivity index (χ3n) is 5.93. The van der Waals surface area contributed by atoms with Crippen LogP contribution in [0.2, 0.25) is 0 Å². The average molecular weight is 369 g/mol. The molecule has 4 atom stereocenters. The van der Waals surface area contributed by atoms with Gasteiger partial charge >= 0.3 is 0 Å². The van der Waals surface area contributed by atoms with E-state index in [-0.39, 0.29) is 17.8 Å². The number of amides is 1. The fourth-order valence-electron chi connectivity index (χ4n) is 3.99. The Balaban J connectivity index is 1.96. The van der Waals surface area contributed by atoms with Crippen molar-refractivity contribution < 1.29 is 13.9 Å². The van der Waals surface area contributed by atoms with Crippen LogP contribution in [0.1, 0.15) is 38.3 Å². The molecule has 0 radical (unpaired) electrons. The van der Waals surface area contributed by atoms with E-state index < -0.39 is 6.10 Å². The molecule has 0 unspecified atom stereocenters. The van der Waals surface area contributed by atoms with Crippen LogP contribution in [0.25, 0.3) is 0 Å². The standard InChI is InChI=1S/C23H28FNO2/c1-5-17-11-12-25(23(26)21-13-15(3)16(4)14-27-21)22(20(17)6-2)18-7-9-19(24)10-8-18/h5-10,15-16,21-22H,1-2,11-14H2,3-4H3/t15-,16-,21-,22+/m1/s1. The van der Waals surface area contributed by atoms with Gasteiger partial charge in [0, 0.05) is 6.54 Å². The molecule has 27 heavy (non-hydrogen) atoms. The zero-order valence-electron chi connectivity index (χ0n) is 16.2. The van der Waals surface area contributed by atoms with E-state index in [1.54, 1.807) is 18.2 Å². The van der Waals surface area contributed by atoms with Crippen molar-refractivity contribution in [1.29, 1.82) is 0 Å². The molecular weight excluding hydrogens is 341 g/mol. The highest BCUT2D eigenvalue weighted by Crippen LogP contribution is 2.38. The number of rotatable bonds is 4. The number of carbonyl (C=O) groups is 1. The van der Waals surface area contributed by atoms with Gasteiger partial charge in [-0.15, -0.1) is 0 Å². The number of allylic oxidation sites excluding steroid dienone is 1. The Bertz CT molecular complexity index is 752. The van der Waals surface area contributed by atoms with Gasteiger partial charge in [0.15, 0.2) is 0 Å². The largest absolute Gasteiger partial charge is 0.368 e. The first-order valence-corrected chi connectivity index (χ1v) is 9.61. The smallest absolute Gasteiger partial charge is 0.252 e. The van der Waals surface area contributed by atoms with E-state index in [9.17, 15) is 9.18 Å². The highest BCUT2D eigenvalue weighted by molar-refractivity contribution is 5.82. The Kier molecular flexibility index (Phi) is 5.95. The molecule has 2 aliphatic rings. The molecule has 0 N–H and O–H groups in total. The van der Waals surface area contributed by atoms with Crippen LogP contribution < -0.4 is 0 Å². The van der Waals surface area contributed by atoms with Crippen LogP contribution in [0.15, 0.2) is 60.7 Å². The Morgan fingerprint density at radius 1 is 1.19 bits per heavy atom. The maximum Gasteiger partial charge on any atom is 0.252 e. The van der Waals surface area contributed by atoms with Gasteiger partial charge in [0.2, 0.25) is 0 Å². The molecule has 0 aliphatic carbocycles. The number of nitrogens with zero attached hydrogens (tertiary/aromatic N) is 1. The highest BCUT2D eigenvalue weighted by Gasteiger charge is 2.38. The lowest BCUT2D eigenvalue weighted by atomic mass is 9.85. The Morgan fingerprint density at radius 3 is 2.48 bits per heavy atom. The van der Waals surface area contributed by atoms with Gasteiger partial charge in [-0.3, -0.25) is 4.79 Å². The third-order valence-corrected chi connectivity index (χ3v) is 5.93. The molecule has 0 spiro atoms. The number of ether oxygens (including phenoxy) is 1. The first-order valence-electron chi connectivity index (χ1n) is 9.61. The molecule has 2 aliphatic heterocycles. The van der Waals surface area contributed by atoms with Crippen molar-refractivity contribution in [1.82, 2.24) is 4.90 Å². The molecule has 1 amide bonds. The fourth-order valence-corrected chi connectivity index (χ4v) is 3.99. The molecule has 2 heterocycles. The van der Waals surface area contributed by atoms with E-state index in [1.165, 1.54) is 12.1 Å². The zero-order valence-corrected chi connectivity index (χ0v) is 16.2. The lowest BCUT2D eigenvalue weighted by Gasteiger charge is -2.41. The van der Waals surface area contributed by atoms with Crippen LogP contribution in [0.4, 0.5) is 4.39 Å². The predicted molar refractivity (Wildman–Crippen MR) is 106 cm³/mol. The van der Waals surface area contributed by atoms with Crippen LogP contribution in [-0.4, -0.2) is 30.1 Å². The molecule has 0 saturated carbocycles. The van der Waals surface area contributed by atoms with Crippen LogP contribution in [0, 0.1) is 17.7 Å². The van der Waals surface area contributed by atoms with Gasteiger partial charge in [0.1, 0.15) is 11.9 Å². The summed E-state index contributed by atoms with van der Waals surface area (Å²) in [6, 6.07) is 6.05. The zero-order chi connectivity index (χ0) is 19.6. The highest BCUT2D eigenvalue weighted by atomic mass is 19.1.